The van der Waals surface area contributed by atoms with Crippen LogP contribution in [0.4, 0.5) is 0 Å². The molecule has 6 heteroatoms. The lowest BCUT2D eigenvalue weighted by molar-refractivity contribution is 0.0558. The minimum absolute atomic E-state index is 0.108. The van der Waals surface area contributed by atoms with Crippen molar-refractivity contribution in [1.29, 1.82) is 0 Å². The summed E-state index contributed by atoms with van der Waals surface area (Å²) >= 11 is 3.51. The van der Waals surface area contributed by atoms with E-state index in [-0.39, 0.29) is 5.91 Å². The molecule has 1 amide bonds. The molecule has 0 N–H and O–H groups in total. The number of hydrogen-bond donors (Lipinski definition) is 0. The summed E-state index contributed by atoms with van der Waals surface area (Å²) in [5.74, 6) is 0.547. The third-order valence-electron chi connectivity index (χ3n) is 5.24. The summed E-state index contributed by atoms with van der Waals surface area (Å²) in [6.07, 6.45) is 3.79. The maximum atomic E-state index is 13.4. The second-order valence-electron chi connectivity index (χ2n) is 7.92. The van der Waals surface area contributed by atoms with Gasteiger partial charge in [-0.1, -0.05) is 35.8 Å². The molecule has 2 aromatic rings. The van der Waals surface area contributed by atoms with Crippen molar-refractivity contribution in [2.24, 2.45) is 5.92 Å². The van der Waals surface area contributed by atoms with E-state index in [0.717, 1.165) is 48.3 Å². The number of piperidine rings is 1. The van der Waals surface area contributed by atoms with Crippen LogP contribution in [-0.4, -0.2) is 58.2 Å². The Balaban J connectivity index is 1.88. The van der Waals surface area contributed by atoms with Crippen LogP contribution in [0.15, 0.2) is 34.9 Å². The minimum atomic E-state index is 0.108. The van der Waals surface area contributed by atoms with Crippen molar-refractivity contribution in [2.45, 2.75) is 39.7 Å². The van der Waals surface area contributed by atoms with E-state index in [1.165, 1.54) is 0 Å². The monoisotopic (exact) mass is 432 g/mol. The van der Waals surface area contributed by atoms with Crippen LogP contribution in [0.25, 0.3) is 5.69 Å². The van der Waals surface area contributed by atoms with Gasteiger partial charge in [-0.3, -0.25) is 4.79 Å². The van der Waals surface area contributed by atoms with Gasteiger partial charge in [-0.05, 0) is 64.0 Å². The highest BCUT2D eigenvalue weighted by atomic mass is 79.9. The highest BCUT2D eigenvalue weighted by Gasteiger charge is 2.30. The molecule has 1 aromatic heterocycles. The molecule has 1 fully saturated rings. The van der Waals surface area contributed by atoms with Gasteiger partial charge in [-0.2, -0.15) is 5.10 Å². The number of likely N-dealkylation sites (tertiary alicyclic amines) is 1. The zero-order valence-electron chi connectivity index (χ0n) is 16.7. The molecular weight excluding hydrogens is 404 g/mol. The lowest BCUT2D eigenvalue weighted by Gasteiger charge is -2.38. The molecular formula is C21H29BrN4O. The van der Waals surface area contributed by atoms with Gasteiger partial charge in [-0.15, -0.1) is 0 Å². The van der Waals surface area contributed by atoms with E-state index >= 15 is 0 Å². The summed E-state index contributed by atoms with van der Waals surface area (Å²) in [5.41, 5.74) is 2.55. The smallest absolute Gasteiger partial charge is 0.257 e. The second kappa shape index (κ2) is 8.57. The molecule has 0 saturated carbocycles. The average Bonchev–Trinajstić information content (AvgIpc) is 3.01. The van der Waals surface area contributed by atoms with Gasteiger partial charge in [0.05, 0.1) is 23.1 Å². The topological polar surface area (TPSA) is 41.4 Å². The van der Waals surface area contributed by atoms with Gasteiger partial charge < -0.3 is 9.80 Å². The molecule has 0 atom stereocenters. The summed E-state index contributed by atoms with van der Waals surface area (Å²) in [4.78, 5) is 17.9. The zero-order valence-corrected chi connectivity index (χ0v) is 18.2. The van der Waals surface area contributed by atoms with Crippen LogP contribution >= 0.6 is 15.9 Å². The molecule has 5 nitrogen and oxygen atoms in total. The van der Waals surface area contributed by atoms with E-state index in [1.807, 2.05) is 35.9 Å². The minimum Gasteiger partial charge on any atom is -0.335 e. The normalized spacial score (nSPS) is 16.1. The number of nitrogens with zero attached hydrogens (tertiary/aromatic N) is 4. The molecule has 3 rings (SSSR count). The van der Waals surface area contributed by atoms with Crippen molar-refractivity contribution in [3.63, 3.8) is 0 Å². The van der Waals surface area contributed by atoms with Crippen LogP contribution in [0.5, 0.6) is 0 Å². The lowest BCUT2D eigenvalue weighted by Crippen LogP contribution is -2.48. The predicted molar refractivity (Wildman–Crippen MR) is 112 cm³/mol. The molecule has 0 radical (unpaired) electrons. The van der Waals surface area contributed by atoms with Crippen molar-refractivity contribution in [3.8, 4) is 5.69 Å². The lowest BCUT2D eigenvalue weighted by atomic mass is 10.0. The SMILES string of the molecule is Cc1c(C(=O)N(CC(C)C)C2CCN(C)CC2)cnn1-c1cccc(Br)c1. The summed E-state index contributed by atoms with van der Waals surface area (Å²) in [7, 11) is 2.15. The Morgan fingerprint density at radius 2 is 2.04 bits per heavy atom. The van der Waals surface area contributed by atoms with E-state index in [1.54, 1.807) is 6.20 Å². The molecule has 1 aromatic carbocycles. The zero-order chi connectivity index (χ0) is 19.6. The number of amides is 1. The number of rotatable bonds is 5. The fourth-order valence-corrected chi connectivity index (χ4v) is 4.13. The van der Waals surface area contributed by atoms with E-state index in [9.17, 15) is 4.79 Å². The van der Waals surface area contributed by atoms with Gasteiger partial charge in [0, 0.05) is 17.1 Å². The first-order valence-corrected chi connectivity index (χ1v) is 10.5. The van der Waals surface area contributed by atoms with E-state index in [0.29, 0.717) is 17.5 Å². The summed E-state index contributed by atoms with van der Waals surface area (Å²) in [5, 5.41) is 4.51. The Labute approximate surface area is 170 Å². The van der Waals surface area contributed by atoms with E-state index in [4.69, 9.17) is 0 Å². The number of halogens is 1. The fourth-order valence-electron chi connectivity index (χ4n) is 3.74. The maximum absolute atomic E-state index is 13.4. The molecule has 1 aliphatic rings. The van der Waals surface area contributed by atoms with Gasteiger partial charge >= 0.3 is 0 Å². The average molecular weight is 433 g/mol. The fraction of sp³-hybridized carbons (Fsp3) is 0.524. The van der Waals surface area contributed by atoms with Crippen LogP contribution in [-0.2, 0) is 0 Å². The highest BCUT2D eigenvalue weighted by Crippen LogP contribution is 2.23. The van der Waals surface area contributed by atoms with Gasteiger partial charge in [0.2, 0.25) is 0 Å². The Morgan fingerprint density at radius 1 is 1.33 bits per heavy atom. The van der Waals surface area contributed by atoms with E-state index in [2.05, 4.69) is 51.7 Å². The molecule has 0 bridgehead atoms. The maximum Gasteiger partial charge on any atom is 0.257 e. The predicted octanol–water partition coefficient (Wildman–Crippen LogP) is 4.14. The van der Waals surface area contributed by atoms with Gasteiger partial charge in [-0.25, -0.2) is 4.68 Å². The molecule has 0 aliphatic carbocycles. The van der Waals surface area contributed by atoms with Crippen molar-refractivity contribution in [2.75, 3.05) is 26.7 Å². The molecule has 146 valence electrons. The third-order valence-corrected chi connectivity index (χ3v) is 5.74. The standard InChI is InChI=1S/C21H29BrN4O/c1-15(2)14-25(18-8-10-24(4)11-9-18)21(27)20-13-23-26(16(20)3)19-7-5-6-17(22)12-19/h5-7,12-13,15,18H,8-11,14H2,1-4H3. The number of benzene rings is 1. The molecule has 1 saturated heterocycles. The largest absolute Gasteiger partial charge is 0.335 e. The van der Waals surface area contributed by atoms with Gasteiger partial charge in [0.15, 0.2) is 0 Å². The number of carbonyl (C=O) groups is 1. The summed E-state index contributed by atoms with van der Waals surface area (Å²) in [6.45, 7) is 9.20. The van der Waals surface area contributed by atoms with Crippen molar-refractivity contribution in [1.82, 2.24) is 19.6 Å². The number of carbonyl (C=O) groups excluding carboxylic acids is 1. The third kappa shape index (κ3) is 4.61. The van der Waals surface area contributed by atoms with Gasteiger partial charge in [0.25, 0.3) is 5.91 Å². The van der Waals surface area contributed by atoms with Crippen LogP contribution in [0.2, 0.25) is 0 Å². The first-order chi connectivity index (χ1) is 12.9. The molecule has 0 unspecified atom stereocenters. The first kappa shape index (κ1) is 20.1. The molecule has 2 heterocycles. The van der Waals surface area contributed by atoms with Crippen molar-refractivity contribution in [3.05, 3.63) is 46.2 Å². The van der Waals surface area contributed by atoms with E-state index < -0.39 is 0 Å². The van der Waals surface area contributed by atoms with Crippen LogP contribution < -0.4 is 0 Å². The summed E-state index contributed by atoms with van der Waals surface area (Å²) in [6, 6.07) is 8.29. The Morgan fingerprint density at radius 3 is 2.67 bits per heavy atom. The van der Waals surface area contributed by atoms with Crippen LogP contribution in [0, 0.1) is 12.8 Å². The molecule has 0 spiro atoms. The number of aromatic nitrogens is 2. The Bertz CT molecular complexity index is 793. The molecule has 27 heavy (non-hydrogen) atoms. The van der Waals surface area contributed by atoms with Crippen molar-refractivity contribution >= 4 is 21.8 Å². The van der Waals surface area contributed by atoms with Crippen LogP contribution in [0.3, 0.4) is 0 Å². The first-order valence-electron chi connectivity index (χ1n) is 9.67. The number of hydrogen-bond acceptors (Lipinski definition) is 3. The Hall–Kier alpha value is -1.66. The van der Waals surface area contributed by atoms with Crippen molar-refractivity contribution < 1.29 is 4.79 Å². The second-order valence-corrected chi connectivity index (χ2v) is 8.84. The summed E-state index contributed by atoms with van der Waals surface area (Å²) < 4.78 is 2.84. The highest BCUT2D eigenvalue weighted by molar-refractivity contribution is 9.10. The Kier molecular flexibility index (Phi) is 6.37. The van der Waals surface area contributed by atoms with Crippen LogP contribution in [0.1, 0.15) is 42.7 Å². The molecule has 1 aliphatic heterocycles. The van der Waals surface area contributed by atoms with Gasteiger partial charge in [0.1, 0.15) is 0 Å². The quantitative estimate of drug-likeness (QED) is 0.712.